The van der Waals surface area contributed by atoms with Gasteiger partial charge in [-0.05, 0) is 31.2 Å². The normalized spacial score (nSPS) is 21.3. The Labute approximate surface area is 158 Å². The lowest BCUT2D eigenvalue weighted by molar-refractivity contribution is -0.129. The maximum atomic E-state index is 12.6. The molecule has 0 bridgehead atoms. The number of alkyl halides is 1. The number of rotatable bonds is 11. The highest BCUT2D eigenvalue weighted by Crippen LogP contribution is 2.32. The molecule has 1 aliphatic rings. The largest absolute Gasteiger partial charge is 0.494 e. The van der Waals surface area contributed by atoms with Crippen LogP contribution in [0.5, 0.6) is 5.75 Å². The Hall–Kier alpha value is -2.45. The molecule has 0 radical (unpaired) electrons. The first-order valence-corrected chi connectivity index (χ1v) is 8.88. The second kappa shape index (κ2) is 10.0. The van der Waals surface area contributed by atoms with Crippen molar-refractivity contribution >= 4 is 11.8 Å². The Bertz CT molecular complexity index is 665. The first kappa shape index (κ1) is 20.9. The van der Waals surface area contributed by atoms with Crippen molar-refractivity contribution in [2.45, 2.75) is 31.4 Å². The molecule has 0 fully saturated rings. The maximum absolute atomic E-state index is 12.6. The molecule has 7 nitrogen and oxygen atoms in total. The molecule has 0 saturated carbocycles. The van der Waals surface area contributed by atoms with Crippen LogP contribution in [0.2, 0.25) is 0 Å². The highest BCUT2D eigenvalue weighted by molar-refractivity contribution is 6.00. The number of benzene rings is 1. The van der Waals surface area contributed by atoms with Crippen molar-refractivity contribution < 1.29 is 23.8 Å². The number of carbonyl (C=O) groups is 1. The molecule has 0 spiro atoms. The second-order valence-electron chi connectivity index (χ2n) is 6.11. The topological polar surface area (TPSA) is 92.2 Å². The number of aliphatic hydroxyl groups excluding tert-OH is 1. The summed E-state index contributed by atoms with van der Waals surface area (Å²) in [5.74, 6) is 0.624. The van der Waals surface area contributed by atoms with Crippen LogP contribution < -0.4 is 15.6 Å². The van der Waals surface area contributed by atoms with Gasteiger partial charge in [0.15, 0.2) is 5.54 Å². The molecule has 27 heavy (non-hydrogen) atoms. The number of amides is 1. The van der Waals surface area contributed by atoms with Crippen molar-refractivity contribution in [1.82, 2.24) is 10.9 Å². The molecule has 0 unspecified atom stereocenters. The summed E-state index contributed by atoms with van der Waals surface area (Å²) in [4.78, 5) is 17.2. The van der Waals surface area contributed by atoms with E-state index in [-0.39, 0.29) is 19.6 Å². The van der Waals surface area contributed by atoms with Crippen LogP contribution in [0.25, 0.3) is 0 Å². The molecular formula is C19H26FN3O4. The summed E-state index contributed by atoms with van der Waals surface area (Å²) >= 11 is 0. The van der Waals surface area contributed by atoms with Crippen LogP contribution in [0.15, 0.2) is 41.9 Å². The highest BCUT2D eigenvalue weighted by Gasteiger charge is 2.49. The number of hydrogen-bond acceptors (Lipinski definition) is 6. The van der Waals surface area contributed by atoms with Gasteiger partial charge in [0.05, 0.1) is 6.61 Å². The minimum absolute atomic E-state index is 0.0134. The summed E-state index contributed by atoms with van der Waals surface area (Å²) in [6, 6.07) is 7.14. The summed E-state index contributed by atoms with van der Waals surface area (Å²) in [6.45, 7) is 5.40. The van der Waals surface area contributed by atoms with Crippen molar-refractivity contribution in [3.63, 3.8) is 0 Å². The summed E-state index contributed by atoms with van der Waals surface area (Å²) in [7, 11) is 0. The summed E-state index contributed by atoms with van der Waals surface area (Å²) in [5, 5.41) is 8.79. The molecule has 3 N–H and O–H groups in total. The zero-order valence-corrected chi connectivity index (χ0v) is 15.4. The average molecular weight is 379 g/mol. The highest BCUT2D eigenvalue weighted by atomic mass is 19.1. The molecule has 1 aromatic rings. The van der Waals surface area contributed by atoms with Gasteiger partial charge in [-0.25, -0.2) is 14.8 Å². The van der Waals surface area contributed by atoms with Gasteiger partial charge < -0.3 is 14.6 Å². The van der Waals surface area contributed by atoms with E-state index >= 15 is 0 Å². The van der Waals surface area contributed by atoms with Crippen LogP contribution in [0.3, 0.4) is 0 Å². The Morgan fingerprint density at radius 2 is 2.22 bits per heavy atom. The number of nitrogens with zero attached hydrogens (tertiary/aromatic N) is 1. The standard InChI is InChI=1S/C19H26FN3O4/c1-3-9-19(18(25)23-21-11-10-20)14(2)27-17(22-19)15-5-7-16(8-6-15)26-13-4-12-24/h3,5-8,14,21,24H,1,4,9-13H2,2H3,(H,23,25)/t14-,19-/m0/s1. The molecular weight excluding hydrogens is 353 g/mol. The second-order valence-corrected chi connectivity index (χ2v) is 6.11. The molecule has 1 heterocycles. The van der Waals surface area contributed by atoms with E-state index in [0.29, 0.717) is 30.2 Å². The lowest BCUT2D eigenvalue weighted by atomic mass is 9.90. The number of ether oxygens (including phenoxy) is 2. The first-order chi connectivity index (χ1) is 13.1. The van der Waals surface area contributed by atoms with Gasteiger partial charge in [0.25, 0.3) is 5.91 Å². The van der Waals surface area contributed by atoms with Gasteiger partial charge in [-0.1, -0.05) is 6.08 Å². The van der Waals surface area contributed by atoms with E-state index in [1.54, 1.807) is 37.3 Å². The molecule has 2 atom stereocenters. The van der Waals surface area contributed by atoms with Gasteiger partial charge in [-0.15, -0.1) is 6.58 Å². The van der Waals surface area contributed by atoms with Gasteiger partial charge in [-0.2, -0.15) is 0 Å². The third kappa shape index (κ3) is 5.05. The number of carbonyl (C=O) groups excluding carboxylic acids is 1. The zero-order chi connectivity index (χ0) is 19.7. The van der Waals surface area contributed by atoms with Crippen LogP contribution in [-0.2, 0) is 9.53 Å². The van der Waals surface area contributed by atoms with Gasteiger partial charge in [-0.3, -0.25) is 10.2 Å². The Kier molecular flexibility index (Phi) is 7.75. The number of aliphatic hydroxyl groups is 1. The number of hydrogen-bond donors (Lipinski definition) is 3. The molecule has 0 aliphatic carbocycles. The van der Waals surface area contributed by atoms with Gasteiger partial charge in [0.1, 0.15) is 18.5 Å². The van der Waals surface area contributed by atoms with E-state index in [0.717, 1.165) is 0 Å². The molecule has 1 aromatic carbocycles. The van der Waals surface area contributed by atoms with Gasteiger partial charge >= 0.3 is 0 Å². The van der Waals surface area contributed by atoms with E-state index in [9.17, 15) is 9.18 Å². The molecule has 0 aromatic heterocycles. The van der Waals surface area contributed by atoms with Crippen molar-refractivity contribution in [2.75, 3.05) is 26.4 Å². The van der Waals surface area contributed by atoms with Gasteiger partial charge in [0.2, 0.25) is 5.90 Å². The Morgan fingerprint density at radius 3 is 2.85 bits per heavy atom. The van der Waals surface area contributed by atoms with Crippen LogP contribution >= 0.6 is 0 Å². The van der Waals surface area contributed by atoms with Crippen LogP contribution in [0.4, 0.5) is 4.39 Å². The quantitative estimate of drug-likeness (QED) is 0.308. The maximum Gasteiger partial charge on any atom is 0.266 e. The summed E-state index contributed by atoms with van der Waals surface area (Å²) < 4.78 is 23.6. The fourth-order valence-electron chi connectivity index (χ4n) is 2.70. The third-order valence-corrected chi connectivity index (χ3v) is 4.20. The third-order valence-electron chi connectivity index (χ3n) is 4.20. The van der Waals surface area contributed by atoms with Crippen LogP contribution in [0.1, 0.15) is 25.3 Å². The predicted octanol–water partition coefficient (Wildman–Crippen LogP) is 1.52. The summed E-state index contributed by atoms with van der Waals surface area (Å²) in [6.07, 6.45) is 1.94. The van der Waals surface area contributed by atoms with Crippen molar-refractivity contribution in [3.8, 4) is 5.75 Å². The summed E-state index contributed by atoms with van der Waals surface area (Å²) in [5.41, 5.74) is 4.57. The molecule has 1 amide bonds. The molecule has 148 valence electrons. The number of nitrogens with one attached hydrogen (secondary N) is 2. The van der Waals surface area contributed by atoms with Crippen LogP contribution in [-0.4, -0.2) is 55.0 Å². The van der Waals surface area contributed by atoms with Crippen molar-refractivity contribution in [2.24, 2.45) is 4.99 Å². The van der Waals surface area contributed by atoms with Crippen molar-refractivity contribution in [3.05, 3.63) is 42.5 Å². The van der Waals surface area contributed by atoms with E-state index < -0.39 is 24.2 Å². The minimum Gasteiger partial charge on any atom is -0.494 e. The van der Waals surface area contributed by atoms with Crippen molar-refractivity contribution in [1.29, 1.82) is 0 Å². The lowest BCUT2D eigenvalue weighted by Crippen LogP contribution is -2.54. The average Bonchev–Trinajstić information content (AvgIpc) is 3.00. The fraction of sp³-hybridized carbons (Fsp3) is 0.474. The lowest BCUT2D eigenvalue weighted by Gasteiger charge is -2.26. The first-order valence-electron chi connectivity index (χ1n) is 8.88. The van der Waals surface area contributed by atoms with E-state index in [2.05, 4.69) is 22.4 Å². The molecule has 1 aliphatic heterocycles. The van der Waals surface area contributed by atoms with E-state index in [1.807, 2.05) is 0 Å². The Morgan fingerprint density at radius 1 is 1.48 bits per heavy atom. The van der Waals surface area contributed by atoms with Gasteiger partial charge in [0, 0.05) is 31.6 Å². The van der Waals surface area contributed by atoms with E-state index in [4.69, 9.17) is 14.6 Å². The van der Waals surface area contributed by atoms with Crippen LogP contribution in [0, 0.1) is 0 Å². The molecule has 0 saturated heterocycles. The number of hydrazine groups is 1. The predicted molar refractivity (Wildman–Crippen MR) is 100 cm³/mol. The SMILES string of the molecule is C=CC[C@]1(C(=O)NNCCF)N=C(c2ccc(OCCCO)cc2)O[C@H]1C. The Balaban J connectivity index is 2.16. The molecule has 8 heteroatoms. The van der Waals surface area contributed by atoms with E-state index in [1.165, 1.54) is 0 Å². The number of halogens is 1. The number of aliphatic imine (C=N–C) groups is 1. The fourth-order valence-corrected chi connectivity index (χ4v) is 2.70. The minimum atomic E-state index is -1.17. The molecule has 2 rings (SSSR count). The monoisotopic (exact) mass is 379 g/mol. The zero-order valence-electron chi connectivity index (χ0n) is 15.4. The smallest absolute Gasteiger partial charge is 0.266 e.